The number of hydrogen-bond donors (Lipinski definition) is 1. The topological polar surface area (TPSA) is 38.3 Å². The second kappa shape index (κ2) is 4.56. The van der Waals surface area contributed by atoms with Crippen molar-refractivity contribution >= 4 is 5.91 Å². The summed E-state index contributed by atoms with van der Waals surface area (Å²) in [5.74, 6) is 1.53. The fourth-order valence-electron chi connectivity index (χ4n) is 2.33. The van der Waals surface area contributed by atoms with Crippen LogP contribution in [0.3, 0.4) is 0 Å². The van der Waals surface area contributed by atoms with Crippen LogP contribution in [0.4, 0.5) is 0 Å². The third-order valence-electron chi connectivity index (χ3n) is 3.09. The summed E-state index contributed by atoms with van der Waals surface area (Å²) in [6.07, 6.45) is 2.03. The second-order valence-corrected chi connectivity index (χ2v) is 4.31. The van der Waals surface area contributed by atoms with Gasteiger partial charge in [0.05, 0.1) is 7.11 Å². The molecule has 1 N–H and O–H groups in total. The standard InChI is InChI=1S/C13H17NO2/c1-9(15)14-8-10-6-11-4-3-5-13(16-2)12(11)7-10/h3-5,10H,6-8H2,1-2H3,(H,14,15)/t10-/m0/s1. The quantitative estimate of drug-likeness (QED) is 0.837. The van der Waals surface area contributed by atoms with Gasteiger partial charge in [-0.05, 0) is 36.0 Å². The molecule has 3 nitrogen and oxygen atoms in total. The Labute approximate surface area is 95.8 Å². The van der Waals surface area contributed by atoms with Gasteiger partial charge in [-0.3, -0.25) is 4.79 Å². The van der Waals surface area contributed by atoms with E-state index >= 15 is 0 Å². The monoisotopic (exact) mass is 219 g/mol. The second-order valence-electron chi connectivity index (χ2n) is 4.31. The molecule has 0 unspecified atom stereocenters. The fourth-order valence-corrected chi connectivity index (χ4v) is 2.33. The molecular formula is C13H17NO2. The molecule has 0 aliphatic heterocycles. The van der Waals surface area contributed by atoms with Crippen LogP contribution in [-0.2, 0) is 17.6 Å². The Hall–Kier alpha value is -1.51. The van der Waals surface area contributed by atoms with Gasteiger partial charge in [0.25, 0.3) is 0 Å². The molecule has 2 rings (SSSR count). The van der Waals surface area contributed by atoms with E-state index in [0.29, 0.717) is 5.92 Å². The van der Waals surface area contributed by atoms with Crippen molar-refractivity contribution in [2.24, 2.45) is 5.92 Å². The molecule has 1 aromatic carbocycles. The number of nitrogens with one attached hydrogen (secondary N) is 1. The summed E-state index contributed by atoms with van der Waals surface area (Å²) in [4.78, 5) is 10.9. The van der Waals surface area contributed by atoms with Gasteiger partial charge in [-0.25, -0.2) is 0 Å². The maximum Gasteiger partial charge on any atom is 0.216 e. The highest BCUT2D eigenvalue weighted by atomic mass is 16.5. The number of ether oxygens (including phenoxy) is 1. The number of fused-ring (bicyclic) bond motifs is 1. The summed E-state index contributed by atoms with van der Waals surface area (Å²) in [7, 11) is 1.71. The normalized spacial score (nSPS) is 18.0. The van der Waals surface area contributed by atoms with Crippen LogP contribution in [0.25, 0.3) is 0 Å². The third kappa shape index (κ3) is 2.18. The van der Waals surface area contributed by atoms with E-state index in [1.165, 1.54) is 11.1 Å². The van der Waals surface area contributed by atoms with Gasteiger partial charge in [-0.15, -0.1) is 0 Å². The molecule has 0 saturated carbocycles. The zero-order valence-corrected chi connectivity index (χ0v) is 9.75. The van der Waals surface area contributed by atoms with Crippen LogP contribution >= 0.6 is 0 Å². The van der Waals surface area contributed by atoms with Crippen LogP contribution in [0.2, 0.25) is 0 Å². The smallest absolute Gasteiger partial charge is 0.216 e. The number of methoxy groups -OCH3 is 1. The maximum atomic E-state index is 10.9. The molecule has 16 heavy (non-hydrogen) atoms. The van der Waals surface area contributed by atoms with Crippen LogP contribution in [-0.4, -0.2) is 19.6 Å². The number of carbonyl (C=O) groups is 1. The fraction of sp³-hybridized carbons (Fsp3) is 0.462. The molecule has 0 radical (unpaired) electrons. The van der Waals surface area contributed by atoms with Crippen LogP contribution in [0.5, 0.6) is 5.75 Å². The van der Waals surface area contributed by atoms with E-state index in [-0.39, 0.29) is 5.91 Å². The lowest BCUT2D eigenvalue weighted by Gasteiger charge is -2.09. The number of hydrogen-bond acceptors (Lipinski definition) is 2. The lowest BCUT2D eigenvalue weighted by atomic mass is 10.1. The van der Waals surface area contributed by atoms with Crippen molar-refractivity contribution in [2.75, 3.05) is 13.7 Å². The van der Waals surface area contributed by atoms with E-state index in [1.807, 2.05) is 12.1 Å². The van der Waals surface area contributed by atoms with E-state index in [4.69, 9.17) is 4.74 Å². The Morgan fingerprint density at radius 3 is 3.00 bits per heavy atom. The van der Waals surface area contributed by atoms with E-state index < -0.39 is 0 Å². The van der Waals surface area contributed by atoms with Gasteiger partial charge >= 0.3 is 0 Å². The van der Waals surface area contributed by atoms with E-state index in [0.717, 1.165) is 25.1 Å². The summed E-state index contributed by atoms with van der Waals surface area (Å²) in [6.45, 7) is 2.32. The van der Waals surface area contributed by atoms with E-state index in [1.54, 1.807) is 14.0 Å². The van der Waals surface area contributed by atoms with E-state index in [2.05, 4.69) is 11.4 Å². The van der Waals surface area contributed by atoms with E-state index in [9.17, 15) is 4.79 Å². The molecule has 1 aliphatic rings. The lowest BCUT2D eigenvalue weighted by molar-refractivity contribution is -0.119. The first-order chi connectivity index (χ1) is 7.70. The molecule has 0 spiro atoms. The summed E-state index contributed by atoms with van der Waals surface area (Å²) in [6, 6.07) is 6.17. The van der Waals surface area contributed by atoms with Crippen LogP contribution < -0.4 is 10.1 Å². The van der Waals surface area contributed by atoms with Crippen LogP contribution in [0.15, 0.2) is 18.2 Å². The van der Waals surface area contributed by atoms with Crippen molar-refractivity contribution in [3.63, 3.8) is 0 Å². The first-order valence-corrected chi connectivity index (χ1v) is 5.60. The molecule has 0 aromatic heterocycles. The summed E-state index contributed by atoms with van der Waals surface area (Å²) >= 11 is 0. The zero-order valence-electron chi connectivity index (χ0n) is 9.75. The minimum atomic E-state index is 0.0444. The number of benzene rings is 1. The van der Waals surface area contributed by atoms with Gasteiger partial charge < -0.3 is 10.1 Å². The van der Waals surface area contributed by atoms with Gasteiger partial charge in [-0.2, -0.15) is 0 Å². The molecule has 0 heterocycles. The predicted octanol–water partition coefficient (Wildman–Crippen LogP) is 1.55. The first kappa shape index (κ1) is 11.0. The molecule has 1 aromatic rings. The maximum absolute atomic E-state index is 10.9. The Kier molecular flexibility index (Phi) is 3.13. The van der Waals surface area contributed by atoms with Gasteiger partial charge in [0.15, 0.2) is 0 Å². The Bertz CT molecular complexity index is 401. The van der Waals surface area contributed by atoms with Gasteiger partial charge in [0.1, 0.15) is 5.75 Å². The average molecular weight is 219 g/mol. The Morgan fingerprint density at radius 1 is 1.50 bits per heavy atom. The molecule has 1 aliphatic carbocycles. The average Bonchev–Trinajstić information content (AvgIpc) is 2.68. The van der Waals surface area contributed by atoms with Crippen molar-refractivity contribution in [2.45, 2.75) is 19.8 Å². The number of rotatable bonds is 3. The molecule has 1 amide bonds. The SMILES string of the molecule is COc1cccc2c1C[C@@H](CNC(C)=O)C2. The molecule has 1 atom stereocenters. The van der Waals surface area contributed by atoms with Crippen LogP contribution in [0.1, 0.15) is 18.1 Å². The van der Waals surface area contributed by atoms with Crippen molar-refractivity contribution in [3.05, 3.63) is 29.3 Å². The molecule has 0 bridgehead atoms. The predicted molar refractivity (Wildman–Crippen MR) is 62.6 cm³/mol. The highest BCUT2D eigenvalue weighted by molar-refractivity contribution is 5.72. The minimum absolute atomic E-state index is 0.0444. The summed E-state index contributed by atoms with van der Waals surface area (Å²) in [5, 5.41) is 2.88. The summed E-state index contributed by atoms with van der Waals surface area (Å²) in [5.41, 5.74) is 2.66. The molecular weight excluding hydrogens is 202 g/mol. The highest BCUT2D eigenvalue weighted by Crippen LogP contribution is 2.33. The van der Waals surface area contributed by atoms with Crippen LogP contribution in [0, 0.1) is 5.92 Å². The van der Waals surface area contributed by atoms with Crippen molar-refractivity contribution < 1.29 is 9.53 Å². The molecule has 86 valence electrons. The number of carbonyl (C=O) groups excluding carboxylic acids is 1. The Morgan fingerprint density at radius 2 is 2.31 bits per heavy atom. The summed E-state index contributed by atoms with van der Waals surface area (Å²) < 4.78 is 5.34. The largest absolute Gasteiger partial charge is 0.496 e. The van der Waals surface area contributed by atoms with Crippen molar-refractivity contribution in [1.82, 2.24) is 5.32 Å². The minimum Gasteiger partial charge on any atom is -0.496 e. The number of amides is 1. The van der Waals surface area contributed by atoms with Gasteiger partial charge in [0, 0.05) is 13.5 Å². The zero-order chi connectivity index (χ0) is 11.5. The van der Waals surface area contributed by atoms with Crippen molar-refractivity contribution in [1.29, 1.82) is 0 Å². The third-order valence-corrected chi connectivity index (χ3v) is 3.09. The highest BCUT2D eigenvalue weighted by Gasteiger charge is 2.24. The van der Waals surface area contributed by atoms with Gasteiger partial charge in [0.2, 0.25) is 5.91 Å². The molecule has 0 saturated heterocycles. The first-order valence-electron chi connectivity index (χ1n) is 5.60. The Balaban J connectivity index is 2.06. The lowest BCUT2D eigenvalue weighted by Crippen LogP contribution is -2.27. The molecule has 0 fully saturated rings. The van der Waals surface area contributed by atoms with Gasteiger partial charge in [-0.1, -0.05) is 12.1 Å². The van der Waals surface area contributed by atoms with Crippen molar-refractivity contribution in [3.8, 4) is 5.75 Å². The molecule has 3 heteroatoms.